The van der Waals surface area contributed by atoms with Crippen LogP contribution in [0.1, 0.15) is 19.4 Å². The lowest BCUT2D eigenvalue weighted by Gasteiger charge is -2.06. The molecule has 0 aliphatic heterocycles. The van der Waals surface area contributed by atoms with Crippen LogP contribution in [-0.2, 0) is 0 Å². The van der Waals surface area contributed by atoms with Crippen molar-refractivity contribution in [1.82, 2.24) is 0 Å². The largest absolute Gasteiger partial charge is 0.387 e. The van der Waals surface area contributed by atoms with Crippen LogP contribution in [0.15, 0.2) is 27.7 Å². The van der Waals surface area contributed by atoms with E-state index < -0.39 is 0 Å². The van der Waals surface area contributed by atoms with Crippen molar-refractivity contribution in [2.45, 2.75) is 20.8 Å². The van der Waals surface area contributed by atoms with Crippen LogP contribution in [0.3, 0.4) is 0 Å². The maximum Gasteiger partial charge on any atom is 0.102 e. The molecule has 0 heterocycles. The van der Waals surface area contributed by atoms with E-state index in [0.717, 1.165) is 15.7 Å². The van der Waals surface area contributed by atoms with Crippen molar-refractivity contribution in [2.75, 3.05) is 0 Å². The number of hydrogen-bond donors (Lipinski definition) is 1. The molecule has 0 bridgehead atoms. The minimum absolute atomic E-state index is 0.286. The fraction of sp³-hybridized carbons (Fsp3) is 0.364. The minimum Gasteiger partial charge on any atom is -0.387 e. The number of amidine groups is 1. The number of nitrogens with zero attached hydrogens (tertiary/aromatic N) is 1. The number of rotatable bonds is 2. The molecule has 1 aromatic carbocycles. The Morgan fingerprint density at radius 1 is 1.43 bits per heavy atom. The summed E-state index contributed by atoms with van der Waals surface area (Å²) in [6, 6.07) is 5.93. The van der Waals surface area contributed by atoms with Crippen LogP contribution in [-0.4, -0.2) is 5.84 Å². The van der Waals surface area contributed by atoms with Gasteiger partial charge in [-0.15, -0.1) is 0 Å². The Labute approximate surface area is 93.4 Å². The van der Waals surface area contributed by atoms with Crippen molar-refractivity contribution in [1.29, 1.82) is 0 Å². The lowest BCUT2D eigenvalue weighted by Crippen LogP contribution is -2.18. The molecule has 0 aliphatic carbocycles. The van der Waals surface area contributed by atoms with Gasteiger partial charge in [0.15, 0.2) is 0 Å². The normalized spacial score (nSPS) is 12.2. The Morgan fingerprint density at radius 2 is 2.07 bits per heavy atom. The minimum atomic E-state index is 0.286. The number of aliphatic imine (C=N–C) groups is 1. The first-order valence-electron chi connectivity index (χ1n) is 4.61. The topological polar surface area (TPSA) is 38.4 Å². The van der Waals surface area contributed by atoms with Crippen LogP contribution in [0.25, 0.3) is 0 Å². The van der Waals surface area contributed by atoms with Gasteiger partial charge in [-0.25, -0.2) is 4.99 Å². The third-order valence-corrected chi connectivity index (χ3v) is 2.94. The van der Waals surface area contributed by atoms with Gasteiger partial charge < -0.3 is 5.73 Å². The molecule has 14 heavy (non-hydrogen) atoms. The van der Waals surface area contributed by atoms with Crippen molar-refractivity contribution >= 4 is 27.5 Å². The van der Waals surface area contributed by atoms with Gasteiger partial charge >= 0.3 is 0 Å². The fourth-order valence-corrected chi connectivity index (χ4v) is 1.34. The number of nitrogens with two attached hydrogens (primary N) is 1. The van der Waals surface area contributed by atoms with Gasteiger partial charge in [0.1, 0.15) is 5.84 Å². The molecule has 0 saturated carbocycles. The van der Waals surface area contributed by atoms with E-state index in [4.69, 9.17) is 5.73 Å². The summed E-state index contributed by atoms with van der Waals surface area (Å²) in [5.74, 6) is 0.958. The molecule has 0 amide bonds. The van der Waals surface area contributed by atoms with E-state index in [1.165, 1.54) is 0 Å². The third-order valence-electron chi connectivity index (χ3n) is 2.08. The third kappa shape index (κ3) is 2.58. The molecule has 0 atom stereocenters. The monoisotopic (exact) mass is 254 g/mol. The average molecular weight is 255 g/mol. The van der Waals surface area contributed by atoms with Gasteiger partial charge in [0.2, 0.25) is 0 Å². The Hall–Kier alpha value is -0.830. The molecule has 0 fully saturated rings. The molecule has 3 heteroatoms. The molecule has 0 unspecified atom stereocenters. The molecule has 0 spiro atoms. The van der Waals surface area contributed by atoms with Gasteiger partial charge in [0, 0.05) is 10.4 Å². The SMILES string of the molecule is Cc1c(Br)cccc1N=C(N)C(C)C. The molecule has 0 saturated heterocycles. The van der Waals surface area contributed by atoms with Gasteiger partial charge in [-0.2, -0.15) is 0 Å². The Kier molecular flexibility index (Phi) is 3.69. The van der Waals surface area contributed by atoms with Gasteiger partial charge in [0.05, 0.1) is 5.69 Å². The summed E-state index contributed by atoms with van der Waals surface area (Å²) in [6.07, 6.45) is 0. The van der Waals surface area contributed by atoms with E-state index in [-0.39, 0.29) is 5.92 Å². The Balaban J connectivity index is 3.09. The first kappa shape index (κ1) is 11.2. The van der Waals surface area contributed by atoms with Crippen LogP contribution < -0.4 is 5.73 Å². The standard InChI is InChI=1S/C11H15BrN2/c1-7(2)11(13)14-10-6-4-5-9(12)8(10)3/h4-7H,1-3H3,(H2,13,14). The van der Waals surface area contributed by atoms with Crippen LogP contribution in [0.2, 0.25) is 0 Å². The zero-order valence-corrected chi connectivity index (χ0v) is 10.3. The van der Waals surface area contributed by atoms with Crippen molar-refractivity contribution in [3.05, 3.63) is 28.2 Å². The van der Waals surface area contributed by atoms with Gasteiger partial charge in [0.25, 0.3) is 0 Å². The highest BCUT2D eigenvalue weighted by Crippen LogP contribution is 2.26. The quantitative estimate of drug-likeness (QED) is 0.638. The summed E-state index contributed by atoms with van der Waals surface area (Å²) < 4.78 is 1.07. The lowest BCUT2D eigenvalue weighted by molar-refractivity contribution is 0.872. The molecular formula is C11H15BrN2. The van der Waals surface area contributed by atoms with Gasteiger partial charge in [-0.3, -0.25) is 0 Å². The van der Waals surface area contributed by atoms with Crippen LogP contribution in [0.5, 0.6) is 0 Å². The summed E-state index contributed by atoms with van der Waals surface area (Å²) in [6.45, 7) is 6.09. The second kappa shape index (κ2) is 4.60. The van der Waals surface area contributed by atoms with Crippen LogP contribution >= 0.6 is 15.9 Å². The van der Waals surface area contributed by atoms with E-state index in [1.54, 1.807) is 0 Å². The second-order valence-electron chi connectivity index (χ2n) is 3.58. The lowest BCUT2D eigenvalue weighted by atomic mass is 10.2. The Bertz CT molecular complexity index is 356. The molecule has 0 aliphatic rings. The maximum absolute atomic E-state index is 5.80. The van der Waals surface area contributed by atoms with Gasteiger partial charge in [-0.1, -0.05) is 35.8 Å². The smallest absolute Gasteiger partial charge is 0.102 e. The summed E-state index contributed by atoms with van der Waals surface area (Å²) in [5, 5.41) is 0. The molecule has 1 rings (SSSR count). The first-order valence-corrected chi connectivity index (χ1v) is 5.41. The number of hydrogen-bond acceptors (Lipinski definition) is 1. The molecule has 0 aromatic heterocycles. The zero-order valence-electron chi connectivity index (χ0n) is 8.71. The molecule has 76 valence electrons. The highest BCUT2D eigenvalue weighted by molar-refractivity contribution is 9.10. The van der Waals surface area contributed by atoms with Crippen LogP contribution in [0.4, 0.5) is 5.69 Å². The van der Waals surface area contributed by atoms with Crippen molar-refractivity contribution in [2.24, 2.45) is 16.6 Å². The second-order valence-corrected chi connectivity index (χ2v) is 4.43. The summed E-state index contributed by atoms with van der Waals surface area (Å²) >= 11 is 3.46. The summed E-state index contributed by atoms with van der Waals surface area (Å²) in [4.78, 5) is 4.38. The summed E-state index contributed by atoms with van der Waals surface area (Å²) in [7, 11) is 0. The predicted octanol–water partition coefficient (Wildman–Crippen LogP) is 3.40. The Morgan fingerprint density at radius 3 is 2.64 bits per heavy atom. The molecular weight excluding hydrogens is 240 g/mol. The molecule has 0 radical (unpaired) electrons. The van der Waals surface area contributed by atoms with Gasteiger partial charge in [-0.05, 0) is 24.6 Å². The average Bonchev–Trinajstić information content (AvgIpc) is 2.12. The van der Waals surface area contributed by atoms with E-state index in [0.29, 0.717) is 5.84 Å². The van der Waals surface area contributed by atoms with Crippen molar-refractivity contribution in [3.63, 3.8) is 0 Å². The van der Waals surface area contributed by atoms with E-state index in [2.05, 4.69) is 20.9 Å². The van der Waals surface area contributed by atoms with E-state index in [1.807, 2.05) is 39.0 Å². The molecule has 1 aromatic rings. The molecule has 2 nitrogen and oxygen atoms in total. The van der Waals surface area contributed by atoms with Crippen molar-refractivity contribution < 1.29 is 0 Å². The number of halogens is 1. The van der Waals surface area contributed by atoms with E-state index >= 15 is 0 Å². The fourth-order valence-electron chi connectivity index (χ4n) is 0.985. The zero-order chi connectivity index (χ0) is 10.7. The van der Waals surface area contributed by atoms with Crippen molar-refractivity contribution in [3.8, 4) is 0 Å². The maximum atomic E-state index is 5.80. The highest BCUT2D eigenvalue weighted by atomic mass is 79.9. The van der Waals surface area contributed by atoms with Crippen LogP contribution in [0, 0.1) is 12.8 Å². The number of benzene rings is 1. The molecule has 2 N–H and O–H groups in total. The highest BCUT2D eigenvalue weighted by Gasteiger charge is 2.03. The first-order chi connectivity index (χ1) is 6.52. The predicted molar refractivity (Wildman–Crippen MR) is 65.0 cm³/mol. The summed E-state index contributed by atoms with van der Waals surface area (Å²) in [5.41, 5.74) is 7.86. The van der Waals surface area contributed by atoms with E-state index in [9.17, 15) is 0 Å².